The first-order valence-electron chi connectivity index (χ1n) is 15.6. The average Bonchev–Trinajstić information content (AvgIpc) is 3.42. The van der Waals surface area contributed by atoms with Crippen LogP contribution in [0.25, 0.3) is 0 Å². The summed E-state index contributed by atoms with van der Waals surface area (Å²) in [7, 11) is 1.41. The number of hydrogen-bond acceptors (Lipinski definition) is 7. The number of methoxy groups -OCH3 is 1. The van der Waals surface area contributed by atoms with Crippen LogP contribution in [0.5, 0.6) is 17.2 Å². The lowest BCUT2D eigenvalue weighted by molar-refractivity contribution is -0.140. The number of amides is 4. The summed E-state index contributed by atoms with van der Waals surface area (Å²) in [4.78, 5) is 59.2. The van der Waals surface area contributed by atoms with E-state index in [1.165, 1.54) is 24.1 Å². The molecular formula is C36H31BrClFN2O7. The minimum atomic E-state index is -1.35. The van der Waals surface area contributed by atoms with Crippen molar-refractivity contribution in [2.45, 2.75) is 32.1 Å². The number of imide groups is 2. The van der Waals surface area contributed by atoms with Crippen LogP contribution < -0.4 is 9.64 Å². The molecular weight excluding hydrogens is 707 g/mol. The smallest absolute Gasteiger partial charge is 0.241 e. The van der Waals surface area contributed by atoms with Crippen LogP contribution >= 0.6 is 27.5 Å². The highest BCUT2D eigenvalue weighted by Gasteiger charge is 2.67. The predicted octanol–water partition coefficient (Wildman–Crippen LogP) is 6.13. The van der Waals surface area contributed by atoms with Gasteiger partial charge in [0.05, 0.1) is 45.5 Å². The summed E-state index contributed by atoms with van der Waals surface area (Å²) in [5.41, 5.74) is 1.01. The van der Waals surface area contributed by atoms with E-state index in [0.29, 0.717) is 16.5 Å². The van der Waals surface area contributed by atoms with Gasteiger partial charge in [-0.25, -0.2) is 9.29 Å². The Morgan fingerprint density at radius 3 is 2.42 bits per heavy atom. The maximum Gasteiger partial charge on any atom is 0.241 e. The van der Waals surface area contributed by atoms with Crippen molar-refractivity contribution in [2.75, 3.05) is 18.6 Å². The van der Waals surface area contributed by atoms with Crippen LogP contribution in [-0.2, 0) is 25.6 Å². The van der Waals surface area contributed by atoms with E-state index in [1.54, 1.807) is 43.3 Å². The predicted molar refractivity (Wildman–Crippen MR) is 177 cm³/mol. The molecule has 6 unspecified atom stereocenters. The largest absolute Gasteiger partial charge is 0.508 e. The van der Waals surface area contributed by atoms with Gasteiger partial charge in [0.2, 0.25) is 23.6 Å². The lowest BCUT2D eigenvalue weighted by atomic mass is 9.51. The van der Waals surface area contributed by atoms with Gasteiger partial charge in [0.1, 0.15) is 11.6 Å². The summed E-state index contributed by atoms with van der Waals surface area (Å²) in [5.74, 6) is -5.65. The molecule has 2 aliphatic heterocycles. The molecule has 6 atom stereocenters. The van der Waals surface area contributed by atoms with Crippen LogP contribution in [-0.4, -0.2) is 52.4 Å². The number of carbonyl (C=O) groups excluding carboxylic acids is 4. The van der Waals surface area contributed by atoms with Gasteiger partial charge in [-0.3, -0.25) is 24.1 Å². The highest BCUT2D eigenvalue weighted by atomic mass is 79.9. The molecule has 2 saturated heterocycles. The van der Waals surface area contributed by atoms with Gasteiger partial charge in [-0.2, -0.15) is 0 Å². The summed E-state index contributed by atoms with van der Waals surface area (Å²) in [6, 6.07) is 13.6. The fourth-order valence-corrected chi connectivity index (χ4v) is 9.01. The number of likely N-dealkylation sites (tertiary alicyclic amines) is 1. The van der Waals surface area contributed by atoms with Crippen molar-refractivity contribution in [1.29, 1.82) is 0 Å². The number of halogens is 3. The summed E-state index contributed by atoms with van der Waals surface area (Å²) in [5, 5.41) is 20.0. The zero-order valence-electron chi connectivity index (χ0n) is 26.0. The van der Waals surface area contributed by atoms with Gasteiger partial charge >= 0.3 is 0 Å². The van der Waals surface area contributed by atoms with E-state index >= 15 is 0 Å². The first-order valence-corrected chi connectivity index (χ1v) is 16.8. The Morgan fingerprint density at radius 1 is 1.00 bits per heavy atom. The lowest BCUT2D eigenvalue weighted by Gasteiger charge is -2.49. The summed E-state index contributed by atoms with van der Waals surface area (Å²) >= 11 is 9.48. The molecule has 0 bridgehead atoms. The topological polar surface area (TPSA) is 124 Å². The molecule has 2 N–H and O–H groups in total. The van der Waals surface area contributed by atoms with E-state index in [4.69, 9.17) is 16.3 Å². The van der Waals surface area contributed by atoms with E-state index in [0.717, 1.165) is 22.1 Å². The first kappa shape index (κ1) is 32.3. The van der Waals surface area contributed by atoms with E-state index in [9.17, 15) is 33.8 Å². The number of carbonyl (C=O) groups is 4. The third kappa shape index (κ3) is 4.76. The second kappa shape index (κ2) is 11.7. The maximum atomic E-state index is 14.6. The van der Waals surface area contributed by atoms with Crippen molar-refractivity contribution < 1.29 is 38.5 Å². The molecule has 1 saturated carbocycles. The molecule has 0 radical (unpaired) electrons. The average molecular weight is 738 g/mol. The monoisotopic (exact) mass is 736 g/mol. The fourth-order valence-electron chi connectivity index (χ4n) is 8.37. The maximum absolute atomic E-state index is 14.6. The number of ether oxygens (including phenoxy) is 1. The van der Waals surface area contributed by atoms with E-state index in [2.05, 4.69) is 15.9 Å². The highest BCUT2D eigenvalue weighted by molar-refractivity contribution is 9.10. The molecule has 48 heavy (non-hydrogen) atoms. The Bertz CT molecular complexity index is 1930. The Balaban J connectivity index is 1.32. The molecule has 0 aromatic heterocycles. The van der Waals surface area contributed by atoms with Crippen molar-refractivity contribution in [1.82, 2.24) is 4.90 Å². The lowest BCUT2D eigenvalue weighted by Crippen LogP contribution is -2.48. The van der Waals surface area contributed by atoms with Gasteiger partial charge in [0, 0.05) is 12.5 Å². The molecule has 4 amide bonds. The van der Waals surface area contributed by atoms with E-state index in [1.807, 2.05) is 6.08 Å². The van der Waals surface area contributed by atoms with E-state index in [-0.39, 0.29) is 59.2 Å². The highest BCUT2D eigenvalue weighted by Crippen LogP contribution is 2.64. The Kier molecular flexibility index (Phi) is 7.90. The molecule has 3 fully saturated rings. The van der Waals surface area contributed by atoms with Crippen LogP contribution in [0.1, 0.15) is 36.8 Å². The number of phenols is 2. The van der Waals surface area contributed by atoms with Crippen molar-refractivity contribution in [2.24, 2.45) is 29.1 Å². The minimum Gasteiger partial charge on any atom is -0.508 e. The van der Waals surface area contributed by atoms with Gasteiger partial charge in [0.15, 0.2) is 11.5 Å². The number of fused-ring (bicyclic) bond motifs is 4. The Hall–Kier alpha value is -4.22. The fraction of sp³-hybridized carbons (Fsp3) is 0.333. The number of allylic oxidation sites excluding steroid dienone is 2. The van der Waals surface area contributed by atoms with Crippen LogP contribution in [0, 0.1) is 34.9 Å². The first-order chi connectivity index (χ1) is 22.9. The van der Waals surface area contributed by atoms with Crippen LogP contribution in [0.15, 0.2) is 70.7 Å². The SMILES string of the molecule is COc1cc(C2C3=CCC4C(=O)N(CCc5ccc(O)cc5)C(=O)C4C3CC3C(=O)N(c4ccc(F)c(Cl)c4)C(=O)C32C)cc(Br)c1O. The molecule has 248 valence electrons. The van der Waals surface area contributed by atoms with Gasteiger partial charge in [-0.1, -0.05) is 35.4 Å². The molecule has 12 heteroatoms. The Labute approximate surface area is 289 Å². The molecule has 0 spiro atoms. The number of aromatic hydroxyl groups is 2. The zero-order chi connectivity index (χ0) is 34.2. The summed E-state index contributed by atoms with van der Waals surface area (Å²) < 4.78 is 19.9. The second-order valence-corrected chi connectivity index (χ2v) is 14.3. The van der Waals surface area contributed by atoms with Crippen LogP contribution in [0.4, 0.5) is 10.1 Å². The number of rotatable bonds is 6. The second-order valence-electron chi connectivity index (χ2n) is 13.1. The van der Waals surface area contributed by atoms with Crippen molar-refractivity contribution >= 4 is 56.8 Å². The van der Waals surface area contributed by atoms with Crippen LogP contribution in [0.2, 0.25) is 5.02 Å². The normalized spacial score (nSPS) is 27.9. The number of hydrogen-bond donors (Lipinski definition) is 2. The van der Waals surface area contributed by atoms with Gasteiger partial charge in [-0.15, -0.1) is 0 Å². The summed E-state index contributed by atoms with van der Waals surface area (Å²) in [6.07, 6.45) is 2.78. The van der Waals surface area contributed by atoms with Crippen molar-refractivity contribution in [3.05, 3.63) is 92.7 Å². The molecule has 3 aromatic rings. The number of phenolic OH excluding ortho intramolecular Hbond substituents is 2. The number of nitrogens with zero attached hydrogens (tertiary/aromatic N) is 2. The Morgan fingerprint density at radius 2 is 1.73 bits per heavy atom. The van der Waals surface area contributed by atoms with Crippen molar-refractivity contribution in [3.63, 3.8) is 0 Å². The van der Waals surface area contributed by atoms with Crippen molar-refractivity contribution in [3.8, 4) is 17.2 Å². The molecule has 3 aromatic carbocycles. The standard InChI is InChI=1S/C36H31BrClFN2O7/c1-36-24(33(45)41(35(36)47)19-5-10-27(39)26(38)15-19)16-23-21(30(36)18-13-25(37)31(43)28(14-18)48-2)8-9-22-29(23)34(46)40(32(22)44)12-11-17-3-6-20(42)7-4-17/h3-8,10,13-15,22-24,29-30,42-43H,9,11-12,16H2,1-2H3. The third-order valence-corrected chi connectivity index (χ3v) is 11.6. The molecule has 9 nitrogen and oxygen atoms in total. The number of anilines is 1. The van der Waals surface area contributed by atoms with E-state index < -0.39 is 52.6 Å². The van der Waals surface area contributed by atoms with Crippen LogP contribution in [0.3, 0.4) is 0 Å². The number of benzene rings is 3. The minimum absolute atomic E-state index is 0.120. The van der Waals surface area contributed by atoms with Gasteiger partial charge in [0.25, 0.3) is 0 Å². The quantitative estimate of drug-likeness (QED) is 0.230. The molecule has 2 heterocycles. The zero-order valence-corrected chi connectivity index (χ0v) is 28.3. The third-order valence-electron chi connectivity index (χ3n) is 10.7. The molecule has 4 aliphatic rings. The van der Waals surface area contributed by atoms with Gasteiger partial charge < -0.3 is 14.9 Å². The molecule has 2 aliphatic carbocycles. The summed E-state index contributed by atoms with van der Waals surface area (Å²) in [6.45, 7) is 1.90. The molecule has 7 rings (SSSR count). The van der Waals surface area contributed by atoms with Gasteiger partial charge in [-0.05, 0) is 102 Å².